The number of rotatable bonds is 3. The highest BCUT2D eigenvalue weighted by Crippen LogP contribution is 2.36. The molecule has 1 N–H and O–H groups in total. The van der Waals surface area contributed by atoms with Crippen molar-refractivity contribution in [1.29, 1.82) is 0 Å². The summed E-state index contributed by atoms with van der Waals surface area (Å²) in [6, 6.07) is 4.99. The third kappa shape index (κ3) is 3.50. The van der Waals surface area contributed by atoms with Gasteiger partial charge in [-0.15, -0.1) is 0 Å². The van der Waals surface area contributed by atoms with Gasteiger partial charge in [0.25, 0.3) is 5.91 Å². The Morgan fingerprint density at radius 2 is 2.05 bits per heavy atom. The van der Waals surface area contributed by atoms with Crippen molar-refractivity contribution in [2.75, 3.05) is 12.4 Å². The van der Waals surface area contributed by atoms with Crippen molar-refractivity contribution >= 4 is 55.1 Å². The van der Waals surface area contributed by atoms with E-state index in [1.165, 1.54) is 13.3 Å². The molecule has 0 bridgehead atoms. The average molecular weight is 420 g/mol. The molecule has 7 heteroatoms. The molecular formula is C13H9Br2ClN2O2. The van der Waals surface area contributed by atoms with Crippen molar-refractivity contribution in [3.63, 3.8) is 0 Å². The number of hydrogen-bond donors (Lipinski definition) is 1. The summed E-state index contributed by atoms with van der Waals surface area (Å²) >= 11 is 12.6. The van der Waals surface area contributed by atoms with Crippen LogP contribution in [0.15, 0.2) is 39.5 Å². The van der Waals surface area contributed by atoms with Gasteiger partial charge >= 0.3 is 0 Å². The molecule has 0 saturated carbocycles. The van der Waals surface area contributed by atoms with E-state index < -0.39 is 0 Å². The van der Waals surface area contributed by atoms with Crippen molar-refractivity contribution in [3.05, 3.63) is 50.1 Å². The maximum atomic E-state index is 12.2. The first-order valence-electron chi connectivity index (χ1n) is 5.46. The normalized spacial score (nSPS) is 10.2. The second-order valence-electron chi connectivity index (χ2n) is 3.81. The Labute approximate surface area is 137 Å². The van der Waals surface area contributed by atoms with Crippen LogP contribution in [-0.2, 0) is 0 Å². The number of carbonyl (C=O) groups is 1. The monoisotopic (exact) mass is 418 g/mol. The molecule has 0 atom stereocenters. The van der Waals surface area contributed by atoms with E-state index in [4.69, 9.17) is 16.3 Å². The molecule has 0 radical (unpaired) electrons. The van der Waals surface area contributed by atoms with E-state index in [9.17, 15) is 4.79 Å². The molecule has 0 fully saturated rings. The number of amides is 1. The lowest BCUT2D eigenvalue weighted by molar-refractivity contribution is 0.102. The van der Waals surface area contributed by atoms with Crippen molar-refractivity contribution in [1.82, 2.24) is 4.98 Å². The van der Waals surface area contributed by atoms with Crippen molar-refractivity contribution in [2.45, 2.75) is 0 Å². The number of hydrogen-bond acceptors (Lipinski definition) is 3. The Balaban J connectivity index is 2.32. The molecule has 20 heavy (non-hydrogen) atoms. The summed E-state index contributed by atoms with van der Waals surface area (Å²) in [4.78, 5) is 16.1. The van der Waals surface area contributed by atoms with E-state index in [0.717, 1.165) is 4.47 Å². The summed E-state index contributed by atoms with van der Waals surface area (Å²) in [7, 11) is 1.52. The molecule has 0 aliphatic heterocycles. The average Bonchev–Trinajstić information content (AvgIpc) is 2.38. The Bertz CT molecular complexity index is 665. The zero-order chi connectivity index (χ0) is 14.7. The Morgan fingerprint density at radius 1 is 1.30 bits per heavy atom. The number of pyridine rings is 1. The largest absolute Gasteiger partial charge is 0.493 e. The number of methoxy groups -OCH3 is 1. The standard InChI is InChI=1S/C13H9Br2ClN2O2/c1-20-12-10(15)3-9(16)4-11(12)18-13(19)7-2-8(14)6-17-5-7/h2-6H,1H3,(H,18,19). The smallest absolute Gasteiger partial charge is 0.257 e. The SMILES string of the molecule is COc1c(Br)cc(Cl)cc1NC(=O)c1cncc(Br)c1. The summed E-state index contributed by atoms with van der Waals surface area (Å²) in [6.07, 6.45) is 3.08. The molecule has 4 nitrogen and oxygen atoms in total. The Morgan fingerprint density at radius 3 is 2.70 bits per heavy atom. The summed E-state index contributed by atoms with van der Waals surface area (Å²) in [5, 5.41) is 3.23. The third-order valence-electron chi connectivity index (χ3n) is 2.43. The molecule has 0 aliphatic rings. The quantitative estimate of drug-likeness (QED) is 0.794. The maximum Gasteiger partial charge on any atom is 0.257 e. The van der Waals surface area contributed by atoms with Gasteiger partial charge in [0.2, 0.25) is 0 Å². The second kappa shape index (κ2) is 6.56. The van der Waals surface area contributed by atoms with Gasteiger partial charge in [-0.05, 0) is 50.1 Å². The van der Waals surface area contributed by atoms with Gasteiger partial charge in [0.05, 0.1) is 22.8 Å². The number of nitrogens with zero attached hydrogens (tertiary/aromatic N) is 1. The molecule has 2 aromatic rings. The highest BCUT2D eigenvalue weighted by Gasteiger charge is 2.14. The molecule has 0 spiro atoms. The van der Waals surface area contributed by atoms with Gasteiger partial charge in [-0.1, -0.05) is 11.6 Å². The van der Waals surface area contributed by atoms with Gasteiger partial charge in [-0.3, -0.25) is 9.78 Å². The minimum atomic E-state index is -0.300. The minimum absolute atomic E-state index is 0.300. The van der Waals surface area contributed by atoms with Crippen LogP contribution in [0.4, 0.5) is 5.69 Å². The summed E-state index contributed by atoms with van der Waals surface area (Å²) < 4.78 is 6.63. The van der Waals surface area contributed by atoms with Crippen LogP contribution in [-0.4, -0.2) is 18.0 Å². The summed E-state index contributed by atoms with van der Waals surface area (Å²) in [6.45, 7) is 0. The number of nitrogens with one attached hydrogen (secondary N) is 1. The van der Waals surface area contributed by atoms with Crippen molar-refractivity contribution in [3.8, 4) is 5.75 Å². The van der Waals surface area contributed by atoms with Crippen molar-refractivity contribution < 1.29 is 9.53 Å². The lowest BCUT2D eigenvalue weighted by Crippen LogP contribution is -2.13. The highest BCUT2D eigenvalue weighted by atomic mass is 79.9. The molecule has 2 rings (SSSR count). The number of benzene rings is 1. The van der Waals surface area contributed by atoms with Crippen LogP contribution in [0.3, 0.4) is 0 Å². The minimum Gasteiger partial charge on any atom is -0.493 e. The third-order valence-corrected chi connectivity index (χ3v) is 3.67. The van der Waals surface area contributed by atoms with E-state index in [2.05, 4.69) is 42.2 Å². The lowest BCUT2D eigenvalue weighted by Gasteiger charge is -2.12. The molecule has 0 saturated heterocycles. The number of carbonyl (C=O) groups excluding carboxylic acids is 1. The lowest BCUT2D eigenvalue weighted by atomic mass is 10.2. The van der Waals surface area contributed by atoms with Crippen LogP contribution in [0, 0.1) is 0 Å². The van der Waals surface area contributed by atoms with Gasteiger partial charge in [-0.25, -0.2) is 0 Å². The van der Waals surface area contributed by atoms with Gasteiger partial charge in [0, 0.05) is 21.9 Å². The predicted molar refractivity (Wildman–Crippen MR) is 85.6 cm³/mol. The van der Waals surface area contributed by atoms with Crippen LogP contribution < -0.4 is 10.1 Å². The van der Waals surface area contributed by atoms with Crippen molar-refractivity contribution in [2.24, 2.45) is 0 Å². The summed E-state index contributed by atoms with van der Waals surface area (Å²) in [5.74, 6) is 0.206. The van der Waals surface area contributed by atoms with E-state index >= 15 is 0 Å². The van der Waals surface area contributed by atoms with Crippen LogP contribution in [0.1, 0.15) is 10.4 Å². The molecular weight excluding hydrogens is 411 g/mol. The number of anilines is 1. The highest BCUT2D eigenvalue weighted by molar-refractivity contribution is 9.10. The first-order chi connectivity index (χ1) is 9.51. The molecule has 1 aromatic carbocycles. The summed E-state index contributed by atoms with van der Waals surface area (Å²) in [5.41, 5.74) is 0.911. The van der Waals surface area contributed by atoms with E-state index in [0.29, 0.717) is 26.5 Å². The fourth-order valence-corrected chi connectivity index (χ4v) is 2.93. The maximum absolute atomic E-state index is 12.2. The van der Waals surface area contributed by atoms with Gasteiger partial charge < -0.3 is 10.1 Å². The van der Waals surface area contributed by atoms with Crippen LogP contribution >= 0.6 is 43.5 Å². The predicted octanol–water partition coefficient (Wildman–Crippen LogP) is 4.52. The molecule has 1 amide bonds. The zero-order valence-corrected chi connectivity index (χ0v) is 14.2. The van der Waals surface area contributed by atoms with E-state index in [1.54, 1.807) is 24.4 Å². The number of halogens is 3. The van der Waals surface area contributed by atoms with E-state index in [1.807, 2.05) is 0 Å². The van der Waals surface area contributed by atoms with Gasteiger partial charge in [-0.2, -0.15) is 0 Å². The fourth-order valence-electron chi connectivity index (χ4n) is 1.59. The van der Waals surface area contributed by atoms with Gasteiger partial charge in [0.1, 0.15) is 0 Å². The second-order valence-corrected chi connectivity index (χ2v) is 6.02. The molecule has 0 aliphatic carbocycles. The Hall–Kier alpha value is -1.11. The fraction of sp³-hybridized carbons (Fsp3) is 0.0769. The first kappa shape index (κ1) is 15.3. The number of ether oxygens (including phenoxy) is 1. The molecule has 104 valence electrons. The zero-order valence-electron chi connectivity index (χ0n) is 10.3. The van der Waals surface area contributed by atoms with E-state index in [-0.39, 0.29) is 5.91 Å². The first-order valence-corrected chi connectivity index (χ1v) is 7.42. The number of aromatic nitrogens is 1. The van der Waals surface area contributed by atoms with Crippen LogP contribution in [0.25, 0.3) is 0 Å². The topological polar surface area (TPSA) is 51.2 Å². The van der Waals surface area contributed by atoms with Crippen LogP contribution in [0.5, 0.6) is 5.75 Å². The molecule has 1 aromatic heterocycles. The van der Waals surface area contributed by atoms with Gasteiger partial charge in [0.15, 0.2) is 5.75 Å². The van der Waals surface area contributed by atoms with Crippen LogP contribution in [0.2, 0.25) is 5.02 Å². The molecule has 0 unspecified atom stereocenters. The Kier molecular flexibility index (Phi) is 5.01. The molecule has 1 heterocycles.